The molecule has 5 nitrogen and oxygen atoms in total. The molecule has 0 radical (unpaired) electrons. The van der Waals surface area contributed by atoms with E-state index in [4.69, 9.17) is 21.1 Å². The molecule has 22 heavy (non-hydrogen) atoms. The van der Waals surface area contributed by atoms with Crippen molar-refractivity contribution in [1.29, 1.82) is 0 Å². The normalized spacial score (nSPS) is 11.5. The van der Waals surface area contributed by atoms with Gasteiger partial charge in [-0.3, -0.25) is 4.79 Å². The van der Waals surface area contributed by atoms with E-state index in [-0.39, 0.29) is 19.1 Å². The molecule has 0 aromatic heterocycles. The van der Waals surface area contributed by atoms with E-state index >= 15 is 0 Å². The van der Waals surface area contributed by atoms with Crippen molar-refractivity contribution in [1.82, 2.24) is 5.32 Å². The number of carbonyl (C=O) groups is 2. The second-order valence-corrected chi connectivity index (χ2v) is 5.03. The molecule has 1 aromatic rings. The van der Waals surface area contributed by atoms with E-state index in [0.717, 1.165) is 5.56 Å². The minimum Gasteiger partial charge on any atom is -0.454 e. The van der Waals surface area contributed by atoms with Crippen molar-refractivity contribution >= 4 is 23.5 Å². The zero-order valence-electron chi connectivity index (χ0n) is 12.5. The van der Waals surface area contributed by atoms with Crippen LogP contribution in [0.3, 0.4) is 0 Å². The van der Waals surface area contributed by atoms with Gasteiger partial charge in [0.05, 0.1) is 6.61 Å². The number of carbonyl (C=O) groups excluding carboxylic acids is 2. The third-order valence-corrected chi connectivity index (χ3v) is 3.04. The molecule has 0 heterocycles. The van der Waals surface area contributed by atoms with E-state index in [2.05, 4.69) is 11.9 Å². The Morgan fingerprint density at radius 1 is 1.36 bits per heavy atom. The number of halogens is 1. The number of hydrogen-bond acceptors (Lipinski definition) is 4. The van der Waals surface area contributed by atoms with Gasteiger partial charge in [-0.1, -0.05) is 29.8 Å². The fourth-order valence-corrected chi connectivity index (χ4v) is 1.71. The smallest absolute Gasteiger partial charge is 0.335 e. The van der Waals surface area contributed by atoms with Gasteiger partial charge < -0.3 is 14.8 Å². The number of nitrogens with one attached hydrogen (secondary N) is 1. The maximum atomic E-state index is 11.6. The summed E-state index contributed by atoms with van der Waals surface area (Å²) in [6.45, 7) is 5.44. The second kappa shape index (κ2) is 9.97. The number of esters is 1. The lowest BCUT2D eigenvalue weighted by atomic mass is 10.1. The summed E-state index contributed by atoms with van der Waals surface area (Å²) >= 11 is 5.79. The number of benzene rings is 1. The number of ether oxygens (including phenoxy) is 2. The average molecular weight is 326 g/mol. The summed E-state index contributed by atoms with van der Waals surface area (Å²) in [4.78, 5) is 23.1. The first-order valence-corrected chi connectivity index (χ1v) is 7.31. The zero-order valence-corrected chi connectivity index (χ0v) is 13.3. The molecule has 0 aliphatic carbocycles. The molecule has 0 saturated heterocycles. The van der Waals surface area contributed by atoms with Gasteiger partial charge in [0.25, 0.3) is 5.91 Å². The summed E-state index contributed by atoms with van der Waals surface area (Å²) in [5.41, 5.74) is 1.06. The van der Waals surface area contributed by atoms with Gasteiger partial charge in [-0.05, 0) is 31.0 Å². The van der Waals surface area contributed by atoms with Gasteiger partial charge in [0, 0.05) is 11.6 Å². The molecule has 1 N–H and O–H groups in total. The Balaban J connectivity index is 2.19. The quantitative estimate of drug-likeness (QED) is 0.558. The Kier molecular flexibility index (Phi) is 8.25. The summed E-state index contributed by atoms with van der Waals surface area (Å²) in [5, 5.41) is 3.35. The molecule has 0 aliphatic rings. The van der Waals surface area contributed by atoms with Crippen molar-refractivity contribution in [3.63, 3.8) is 0 Å². The highest BCUT2D eigenvalue weighted by molar-refractivity contribution is 6.30. The van der Waals surface area contributed by atoms with Crippen LogP contribution >= 0.6 is 11.6 Å². The monoisotopic (exact) mass is 325 g/mol. The summed E-state index contributed by atoms with van der Waals surface area (Å²) < 4.78 is 9.95. The predicted octanol–water partition coefficient (Wildman–Crippen LogP) is 2.13. The number of hydrogen-bond donors (Lipinski definition) is 1. The molecule has 0 aliphatic heterocycles. The van der Waals surface area contributed by atoms with E-state index in [0.29, 0.717) is 18.0 Å². The third-order valence-electron chi connectivity index (χ3n) is 2.79. The Bertz CT molecular complexity index is 501. The Morgan fingerprint density at radius 2 is 2.05 bits per heavy atom. The highest BCUT2D eigenvalue weighted by Crippen LogP contribution is 2.09. The maximum Gasteiger partial charge on any atom is 0.335 e. The van der Waals surface area contributed by atoms with E-state index < -0.39 is 12.1 Å². The Morgan fingerprint density at radius 3 is 2.68 bits per heavy atom. The van der Waals surface area contributed by atoms with E-state index in [1.54, 1.807) is 19.1 Å². The Hall–Kier alpha value is -1.85. The molecular formula is C16H20ClNO4. The van der Waals surface area contributed by atoms with Crippen LogP contribution in [0.2, 0.25) is 5.02 Å². The summed E-state index contributed by atoms with van der Waals surface area (Å²) in [6.07, 6.45) is 1.49. The van der Waals surface area contributed by atoms with Gasteiger partial charge in [-0.15, -0.1) is 6.58 Å². The molecule has 0 fully saturated rings. The fraction of sp³-hybridized carbons (Fsp3) is 0.375. The lowest BCUT2D eigenvalue weighted by Crippen LogP contribution is -2.33. The molecule has 1 aromatic carbocycles. The molecule has 1 atom stereocenters. The van der Waals surface area contributed by atoms with Crippen molar-refractivity contribution < 1.29 is 19.1 Å². The Labute approximate surface area is 135 Å². The minimum atomic E-state index is -0.722. The molecule has 1 rings (SSSR count). The van der Waals surface area contributed by atoms with Gasteiger partial charge in [-0.2, -0.15) is 0 Å². The standard InChI is InChI=1S/C16H20ClNO4/c1-3-10-21-12(2)16(20)22-11-15(19)18-9-8-13-4-6-14(17)7-5-13/h3-7,12H,1,8-11H2,2H3,(H,18,19). The minimum absolute atomic E-state index is 0.254. The van der Waals surface area contributed by atoms with Crippen LogP contribution in [0.5, 0.6) is 0 Å². The number of amides is 1. The van der Waals surface area contributed by atoms with Crippen LogP contribution in [0.25, 0.3) is 0 Å². The largest absolute Gasteiger partial charge is 0.454 e. The van der Waals surface area contributed by atoms with Crippen molar-refractivity contribution in [3.8, 4) is 0 Å². The highest BCUT2D eigenvalue weighted by atomic mass is 35.5. The van der Waals surface area contributed by atoms with Crippen molar-refractivity contribution in [3.05, 3.63) is 47.5 Å². The van der Waals surface area contributed by atoms with Crippen LogP contribution in [0.4, 0.5) is 0 Å². The summed E-state index contributed by atoms with van der Waals surface area (Å²) in [7, 11) is 0. The molecule has 6 heteroatoms. The predicted molar refractivity (Wildman–Crippen MR) is 84.7 cm³/mol. The van der Waals surface area contributed by atoms with Crippen LogP contribution in [-0.2, 0) is 25.5 Å². The topological polar surface area (TPSA) is 64.6 Å². The summed E-state index contributed by atoms with van der Waals surface area (Å²) in [5.74, 6) is -0.923. The second-order valence-electron chi connectivity index (χ2n) is 4.60. The van der Waals surface area contributed by atoms with E-state index in [9.17, 15) is 9.59 Å². The van der Waals surface area contributed by atoms with Gasteiger partial charge in [0.2, 0.25) is 0 Å². The van der Waals surface area contributed by atoms with Crippen molar-refractivity contribution in [2.45, 2.75) is 19.4 Å². The van der Waals surface area contributed by atoms with Crippen LogP contribution in [0, 0.1) is 0 Å². The van der Waals surface area contributed by atoms with Crippen LogP contribution < -0.4 is 5.32 Å². The van der Waals surface area contributed by atoms with Crippen LogP contribution in [-0.4, -0.2) is 37.7 Å². The highest BCUT2D eigenvalue weighted by Gasteiger charge is 2.15. The fourth-order valence-electron chi connectivity index (χ4n) is 1.58. The number of rotatable bonds is 9. The van der Waals surface area contributed by atoms with Crippen LogP contribution in [0.15, 0.2) is 36.9 Å². The van der Waals surface area contributed by atoms with Gasteiger partial charge in [0.1, 0.15) is 0 Å². The average Bonchev–Trinajstić information content (AvgIpc) is 2.52. The molecule has 1 unspecified atom stereocenters. The summed E-state index contributed by atoms with van der Waals surface area (Å²) in [6, 6.07) is 7.39. The SMILES string of the molecule is C=CCOC(C)C(=O)OCC(=O)NCCc1ccc(Cl)cc1. The first-order valence-electron chi connectivity index (χ1n) is 6.93. The first kappa shape index (κ1) is 18.2. The van der Waals surface area contributed by atoms with Crippen molar-refractivity contribution in [2.75, 3.05) is 19.8 Å². The molecular weight excluding hydrogens is 306 g/mol. The van der Waals surface area contributed by atoms with Gasteiger partial charge in [0.15, 0.2) is 12.7 Å². The molecule has 0 saturated carbocycles. The molecule has 120 valence electrons. The van der Waals surface area contributed by atoms with Crippen molar-refractivity contribution in [2.24, 2.45) is 0 Å². The maximum absolute atomic E-state index is 11.6. The molecule has 0 bridgehead atoms. The molecule has 0 spiro atoms. The lowest BCUT2D eigenvalue weighted by molar-refractivity contribution is -0.158. The molecule has 1 amide bonds. The van der Waals surface area contributed by atoms with Gasteiger partial charge >= 0.3 is 5.97 Å². The van der Waals surface area contributed by atoms with Gasteiger partial charge in [-0.25, -0.2) is 4.79 Å². The third kappa shape index (κ3) is 7.24. The van der Waals surface area contributed by atoms with E-state index in [1.165, 1.54) is 6.08 Å². The zero-order chi connectivity index (χ0) is 16.4. The first-order chi connectivity index (χ1) is 10.5. The van der Waals surface area contributed by atoms with E-state index in [1.807, 2.05) is 12.1 Å². The lowest BCUT2D eigenvalue weighted by Gasteiger charge is -2.11. The van der Waals surface area contributed by atoms with Crippen LogP contribution in [0.1, 0.15) is 12.5 Å².